The van der Waals surface area contributed by atoms with E-state index in [1.807, 2.05) is 18.5 Å². The molecule has 1 fully saturated rings. The maximum atomic E-state index is 9.72. The molecule has 2 atom stereocenters. The van der Waals surface area contributed by atoms with Gasteiger partial charge in [-0.15, -0.1) is 0 Å². The topological polar surface area (TPSA) is 50.1 Å². The number of hydrogen-bond acceptors (Lipinski definition) is 3. The summed E-state index contributed by atoms with van der Waals surface area (Å²) in [4.78, 5) is 4.40. The molecule has 108 valence electrons. The zero-order valence-corrected chi connectivity index (χ0v) is 12.2. The number of nitrogens with one attached hydrogen (secondary N) is 1. The average molecular weight is 273 g/mol. The molecule has 4 heteroatoms. The summed E-state index contributed by atoms with van der Waals surface area (Å²) in [6.45, 7) is 6.21. The maximum absolute atomic E-state index is 9.72. The Hall–Kier alpha value is -1.39. The van der Waals surface area contributed by atoms with Gasteiger partial charge in [0.05, 0.1) is 23.5 Å². The fourth-order valence-corrected chi connectivity index (χ4v) is 2.96. The first kappa shape index (κ1) is 13.6. The van der Waals surface area contributed by atoms with Gasteiger partial charge in [-0.3, -0.25) is 0 Å². The molecule has 2 N–H and O–H groups in total. The van der Waals surface area contributed by atoms with Crippen LogP contribution < -0.4 is 5.32 Å². The molecule has 1 aliphatic rings. The highest BCUT2D eigenvalue weighted by Crippen LogP contribution is 2.40. The van der Waals surface area contributed by atoms with Crippen molar-refractivity contribution in [2.75, 3.05) is 6.54 Å². The van der Waals surface area contributed by atoms with Crippen LogP contribution in [0.5, 0.6) is 0 Å². The third kappa shape index (κ3) is 2.34. The summed E-state index contributed by atoms with van der Waals surface area (Å²) in [5.41, 5.74) is 2.28. The first-order valence-corrected chi connectivity index (χ1v) is 7.40. The van der Waals surface area contributed by atoms with E-state index in [-0.39, 0.29) is 11.5 Å². The van der Waals surface area contributed by atoms with Crippen LogP contribution in [0.2, 0.25) is 0 Å². The van der Waals surface area contributed by atoms with Crippen molar-refractivity contribution in [2.45, 2.75) is 45.4 Å². The highest BCUT2D eigenvalue weighted by molar-refractivity contribution is 5.74. The van der Waals surface area contributed by atoms with Gasteiger partial charge in [-0.25, -0.2) is 4.98 Å². The number of rotatable bonds is 5. The lowest BCUT2D eigenvalue weighted by Crippen LogP contribution is -2.60. The molecular weight excluding hydrogens is 250 g/mol. The Bertz CT molecular complexity index is 590. The standard InChI is InChI=1S/C16H23N3O/c1-16(2)14(10-15(16)20)17-8-5-9-19-11-18-12-6-3-4-7-13(12)19/h3-4,6-7,11,14-15,17,20H,5,8-10H2,1-2H3. The van der Waals surface area contributed by atoms with Crippen LogP contribution in [0, 0.1) is 5.41 Å². The molecule has 0 saturated heterocycles. The number of imidazole rings is 1. The summed E-state index contributed by atoms with van der Waals surface area (Å²) in [6, 6.07) is 8.67. The quantitative estimate of drug-likeness (QED) is 0.821. The third-order valence-corrected chi connectivity index (χ3v) is 4.71. The smallest absolute Gasteiger partial charge is 0.0958 e. The number of aliphatic hydroxyl groups excluding tert-OH is 1. The highest BCUT2D eigenvalue weighted by Gasteiger charge is 2.46. The number of aryl methyl sites for hydroxylation is 1. The van der Waals surface area contributed by atoms with Crippen LogP contribution >= 0.6 is 0 Å². The summed E-state index contributed by atoms with van der Waals surface area (Å²) < 4.78 is 2.21. The molecule has 20 heavy (non-hydrogen) atoms. The van der Waals surface area contributed by atoms with Gasteiger partial charge in [-0.2, -0.15) is 0 Å². The number of para-hydroxylation sites is 2. The van der Waals surface area contributed by atoms with E-state index in [4.69, 9.17) is 0 Å². The van der Waals surface area contributed by atoms with Crippen molar-refractivity contribution in [1.82, 2.24) is 14.9 Å². The largest absolute Gasteiger partial charge is 0.392 e. The van der Waals surface area contributed by atoms with Crippen LogP contribution in [0.4, 0.5) is 0 Å². The number of benzene rings is 1. The Kier molecular flexibility index (Phi) is 3.52. The molecular formula is C16H23N3O. The number of aromatic nitrogens is 2. The number of nitrogens with zero attached hydrogens (tertiary/aromatic N) is 2. The third-order valence-electron chi connectivity index (χ3n) is 4.71. The SMILES string of the molecule is CC1(C)C(O)CC1NCCCn1cnc2ccccc21. The van der Waals surface area contributed by atoms with Crippen LogP contribution in [0.3, 0.4) is 0 Å². The van der Waals surface area contributed by atoms with Gasteiger partial charge in [0.25, 0.3) is 0 Å². The fraction of sp³-hybridized carbons (Fsp3) is 0.562. The van der Waals surface area contributed by atoms with Gasteiger partial charge < -0.3 is 15.0 Å². The first-order chi connectivity index (χ1) is 9.59. The van der Waals surface area contributed by atoms with E-state index in [1.54, 1.807) is 0 Å². The number of hydrogen-bond donors (Lipinski definition) is 2. The predicted octanol–water partition coefficient (Wildman–Crippen LogP) is 2.18. The lowest BCUT2D eigenvalue weighted by atomic mass is 9.64. The van der Waals surface area contributed by atoms with Gasteiger partial charge in [0.1, 0.15) is 0 Å². The van der Waals surface area contributed by atoms with Crippen molar-refractivity contribution in [3.05, 3.63) is 30.6 Å². The van der Waals surface area contributed by atoms with E-state index in [1.165, 1.54) is 5.52 Å². The Balaban J connectivity index is 1.49. The maximum Gasteiger partial charge on any atom is 0.0958 e. The van der Waals surface area contributed by atoms with Gasteiger partial charge in [-0.05, 0) is 31.5 Å². The molecule has 1 aromatic heterocycles. The van der Waals surface area contributed by atoms with Crippen molar-refractivity contribution < 1.29 is 5.11 Å². The van der Waals surface area contributed by atoms with Crippen LogP contribution in [0.25, 0.3) is 11.0 Å². The molecule has 1 heterocycles. The van der Waals surface area contributed by atoms with Crippen molar-refractivity contribution in [3.63, 3.8) is 0 Å². The second kappa shape index (κ2) is 5.19. The van der Waals surface area contributed by atoms with E-state index < -0.39 is 0 Å². The molecule has 2 unspecified atom stereocenters. The summed E-state index contributed by atoms with van der Waals surface area (Å²) in [6.07, 6.45) is 3.71. The lowest BCUT2D eigenvalue weighted by molar-refractivity contribution is -0.0722. The van der Waals surface area contributed by atoms with E-state index >= 15 is 0 Å². The molecule has 0 spiro atoms. The minimum absolute atomic E-state index is 0.0156. The normalized spacial score (nSPS) is 24.8. The number of fused-ring (bicyclic) bond motifs is 1. The minimum Gasteiger partial charge on any atom is -0.392 e. The van der Waals surface area contributed by atoms with Crippen molar-refractivity contribution >= 4 is 11.0 Å². The van der Waals surface area contributed by atoms with Gasteiger partial charge in [-0.1, -0.05) is 26.0 Å². The van der Waals surface area contributed by atoms with Gasteiger partial charge in [0, 0.05) is 18.0 Å². The predicted molar refractivity (Wildman–Crippen MR) is 80.5 cm³/mol. The Morgan fingerprint density at radius 2 is 2.20 bits per heavy atom. The molecule has 3 rings (SSSR count). The second-order valence-corrected chi connectivity index (χ2v) is 6.36. The van der Waals surface area contributed by atoms with E-state index in [9.17, 15) is 5.11 Å². The van der Waals surface area contributed by atoms with E-state index in [0.29, 0.717) is 6.04 Å². The van der Waals surface area contributed by atoms with Gasteiger partial charge in [0.15, 0.2) is 0 Å². The van der Waals surface area contributed by atoms with Crippen molar-refractivity contribution in [3.8, 4) is 0 Å². The Morgan fingerprint density at radius 1 is 1.40 bits per heavy atom. The summed E-state index contributed by atoms with van der Waals surface area (Å²) >= 11 is 0. The molecule has 0 amide bonds. The van der Waals surface area contributed by atoms with Gasteiger partial charge in [0.2, 0.25) is 0 Å². The van der Waals surface area contributed by atoms with Crippen LogP contribution in [-0.4, -0.2) is 33.3 Å². The molecule has 1 aliphatic carbocycles. The van der Waals surface area contributed by atoms with Crippen LogP contribution in [0.1, 0.15) is 26.7 Å². The molecule has 0 bridgehead atoms. The Morgan fingerprint density at radius 3 is 2.95 bits per heavy atom. The van der Waals surface area contributed by atoms with E-state index in [2.05, 4.69) is 40.8 Å². The fourth-order valence-electron chi connectivity index (χ4n) is 2.96. The zero-order chi connectivity index (χ0) is 14.2. The summed E-state index contributed by atoms with van der Waals surface area (Å²) in [5.74, 6) is 0. The Labute approximate surface area is 119 Å². The molecule has 0 aliphatic heterocycles. The monoisotopic (exact) mass is 273 g/mol. The molecule has 1 aromatic carbocycles. The molecule has 4 nitrogen and oxygen atoms in total. The molecule has 1 saturated carbocycles. The number of aliphatic hydroxyl groups is 1. The lowest BCUT2D eigenvalue weighted by Gasteiger charge is -2.49. The van der Waals surface area contributed by atoms with Crippen molar-refractivity contribution in [2.24, 2.45) is 5.41 Å². The average Bonchev–Trinajstić information content (AvgIpc) is 2.85. The summed E-state index contributed by atoms with van der Waals surface area (Å²) in [7, 11) is 0. The van der Waals surface area contributed by atoms with Gasteiger partial charge >= 0.3 is 0 Å². The minimum atomic E-state index is -0.155. The molecule has 2 aromatic rings. The highest BCUT2D eigenvalue weighted by atomic mass is 16.3. The summed E-state index contributed by atoms with van der Waals surface area (Å²) in [5, 5.41) is 13.3. The van der Waals surface area contributed by atoms with E-state index in [0.717, 1.165) is 31.4 Å². The molecule has 0 radical (unpaired) electrons. The van der Waals surface area contributed by atoms with Crippen molar-refractivity contribution in [1.29, 1.82) is 0 Å². The zero-order valence-electron chi connectivity index (χ0n) is 12.2. The first-order valence-electron chi connectivity index (χ1n) is 7.40. The van der Waals surface area contributed by atoms with Crippen LogP contribution in [0.15, 0.2) is 30.6 Å². The second-order valence-electron chi connectivity index (χ2n) is 6.36. The van der Waals surface area contributed by atoms with Crippen LogP contribution in [-0.2, 0) is 6.54 Å².